The van der Waals surface area contributed by atoms with Crippen LogP contribution in [0.5, 0.6) is 0 Å². The Morgan fingerprint density at radius 3 is 2.27 bits per heavy atom. The van der Waals surface area contributed by atoms with Gasteiger partial charge in [0, 0.05) is 48.5 Å². The van der Waals surface area contributed by atoms with Gasteiger partial charge in [0.05, 0.1) is 0 Å². The van der Waals surface area contributed by atoms with E-state index < -0.39 is 0 Å². The molecule has 2 heterocycles. The van der Waals surface area contributed by atoms with Crippen LogP contribution in [0.4, 0.5) is 11.4 Å². The maximum absolute atomic E-state index is 12.1. The van der Waals surface area contributed by atoms with E-state index in [4.69, 9.17) is 0 Å². The number of carbonyl (C=O) groups excluding carboxylic acids is 1. The fourth-order valence-electron chi connectivity index (χ4n) is 4.86. The number of hydrogen-bond donors (Lipinski definition) is 1. The molecule has 0 bridgehead atoms. The molecule has 0 radical (unpaired) electrons. The van der Waals surface area contributed by atoms with Gasteiger partial charge in [-0.15, -0.1) is 0 Å². The average Bonchev–Trinajstić information content (AvgIpc) is 3.32. The van der Waals surface area contributed by atoms with E-state index >= 15 is 0 Å². The van der Waals surface area contributed by atoms with E-state index in [1.54, 1.807) is 0 Å². The lowest BCUT2D eigenvalue weighted by Crippen LogP contribution is -2.47. The molecule has 1 N–H and O–H groups in total. The van der Waals surface area contributed by atoms with Crippen molar-refractivity contribution in [1.82, 2.24) is 5.32 Å². The molecule has 4 nitrogen and oxygen atoms in total. The third-order valence-electron chi connectivity index (χ3n) is 6.57. The van der Waals surface area contributed by atoms with Gasteiger partial charge in [0.2, 0.25) is 5.91 Å². The minimum atomic E-state index is 0.262. The normalized spacial score (nSPS) is 25.8. The summed E-state index contributed by atoms with van der Waals surface area (Å²) in [6, 6.07) is 9.65. The Kier molecular flexibility index (Phi) is 4.96. The molecule has 1 aliphatic carbocycles. The first-order valence-electron chi connectivity index (χ1n) is 10.5. The van der Waals surface area contributed by atoms with Gasteiger partial charge >= 0.3 is 0 Å². The Morgan fingerprint density at radius 1 is 1.08 bits per heavy atom. The quantitative estimate of drug-likeness (QED) is 0.835. The van der Waals surface area contributed by atoms with Gasteiger partial charge in [-0.2, -0.15) is 0 Å². The number of benzene rings is 1. The molecule has 0 unspecified atom stereocenters. The number of rotatable bonds is 6. The Bertz CT molecular complexity index is 629. The van der Waals surface area contributed by atoms with Crippen molar-refractivity contribution in [3.63, 3.8) is 0 Å². The number of amides is 1. The number of nitrogens with one attached hydrogen (secondary N) is 1. The molecule has 3 aliphatic rings. The number of piperidine rings is 1. The summed E-state index contributed by atoms with van der Waals surface area (Å²) in [7, 11) is 0. The number of carbonyl (C=O) groups is 1. The summed E-state index contributed by atoms with van der Waals surface area (Å²) < 4.78 is 0. The molecule has 4 heteroatoms. The van der Waals surface area contributed by atoms with Crippen molar-refractivity contribution in [2.24, 2.45) is 0 Å². The molecule has 1 saturated carbocycles. The monoisotopic (exact) mass is 355 g/mol. The predicted octanol–water partition coefficient (Wildman–Crippen LogP) is 4.09. The number of anilines is 2. The third-order valence-corrected chi connectivity index (χ3v) is 6.57. The van der Waals surface area contributed by atoms with Crippen molar-refractivity contribution < 1.29 is 4.79 Å². The SMILES string of the molecule is CCCC1(NC2CCN(c3ccc(N4C(=O)CC[C@H]4C)cc3)CC2)CC1. The van der Waals surface area contributed by atoms with Crippen LogP contribution in [0.25, 0.3) is 0 Å². The van der Waals surface area contributed by atoms with Crippen LogP contribution < -0.4 is 15.1 Å². The Hall–Kier alpha value is -1.55. The molecule has 4 rings (SSSR count). The van der Waals surface area contributed by atoms with E-state index in [0.29, 0.717) is 24.0 Å². The zero-order valence-corrected chi connectivity index (χ0v) is 16.3. The van der Waals surface area contributed by atoms with Gasteiger partial charge in [-0.3, -0.25) is 4.79 Å². The Balaban J connectivity index is 1.32. The summed E-state index contributed by atoms with van der Waals surface area (Å²) in [5.41, 5.74) is 2.83. The first-order chi connectivity index (χ1) is 12.6. The lowest BCUT2D eigenvalue weighted by atomic mass is 10.0. The topological polar surface area (TPSA) is 35.6 Å². The summed E-state index contributed by atoms with van der Waals surface area (Å²) in [6.45, 7) is 6.68. The lowest BCUT2D eigenvalue weighted by molar-refractivity contribution is -0.117. The molecule has 2 saturated heterocycles. The summed E-state index contributed by atoms with van der Waals surface area (Å²) in [4.78, 5) is 16.5. The van der Waals surface area contributed by atoms with Gasteiger partial charge in [0.1, 0.15) is 0 Å². The van der Waals surface area contributed by atoms with Gasteiger partial charge in [0.15, 0.2) is 0 Å². The van der Waals surface area contributed by atoms with Crippen LogP contribution in [-0.2, 0) is 4.79 Å². The number of nitrogens with zero attached hydrogens (tertiary/aromatic N) is 2. The first kappa shape index (κ1) is 17.8. The minimum Gasteiger partial charge on any atom is -0.371 e. The van der Waals surface area contributed by atoms with Crippen LogP contribution in [0, 0.1) is 0 Å². The van der Waals surface area contributed by atoms with E-state index in [-0.39, 0.29) is 5.91 Å². The maximum Gasteiger partial charge on any atom is 0.227 e. The summed E-state index contributed by atoms with van der Waals surface area (Å²) in [5, 5.41) is 3.96. The van der Waals surface area contributed by atoms with Crippen molar-refractivity contribution >= 4 is 17.3 Å². The minimum absolute atomic E-state index is 0.262. The Labute approximate surface area is 157 Å². The highest BCUT2D eigenvalue weighted by Gasteiger charge is 2.43. The van der Waals surface area contributed by atoms with E-state index in [9.17, 15) is 4.79 Å². The highest BCUT2D eigenvalue weighted by Crippen LogP contribution is 2.41. The molecule has 1 aromatic carbocycles. The van der Waals surface area contributed by atoms with Crippen molar-refractivity contribution in [3.8, 4) is 0 Å². The van der Waals surface area contributed by atoms with Crippen molar-refractivity contribution in [3.05, 3.63) is 24.3 Å². The molecule has 26 heavy (non-hydrogen) atoms. The molecule has 142 valence electrons. The second-order valence-corrected chi connectivity index (χ2v) is 8.60. The van der Waals surface area contributed by atoms with Crippen molar-refractivity contribution in [1.29, 1.82) is 0 Å². The van der Waals surface area contributed by atoms with Gasteiger partial charge in [-0.1, -0.05) is 13.3 Å². The third kappa shape index (κ3) is 3.62. The largest absolute Gasteiger partial charge is 0.371 e. The summed E-state index contributed by atoms with van der Waals surface area (Å²) >= 11 is 0. The van der Waals surface area contributed by atoms with Gasteiger partial charge in [-0.25, -0.2) is 0 Å². The first-order valence-corrected chi connectivity index (χ1v) is 10.5. The van der Waals surface area contributed by atoms with Crippen LogP contribution in [0.15, 0.2) is 24.3 Å². The summed E-state index contributed by atoms with van der Waals surface area (Å²) in [6.07, 6.45) is 9.48. The van der Waals surface area contributed by atoms with Crippen LogP contribution in [-0.4, -0.2) is 36.6 Å². The second-order valence-electron chi connectivity index (χ2n) is 8.60. The van der Waals surface area contributed by atoms with Crippen molar-refractivity contribution in [2.45, 2.75) is 82.8 Å². The second kappa shape index (κ2) is 7.22. The molecule has 1 atom stereocenters. The molecular formula is C22H33N3O. The predicted molar refractivity (Wildman–Crippen MR) is 108 cm³/mol. The van der Waals surface area contributed by atoms with Crippen LogP contribution in [0.2, 0.25) is 0 Å². The van der Waals surface area contributed by atoms with Gasteiger partial charge < -0.3 is 15.1 Å². The molecular weight excluding hydrogens is 322 g/mol. The molecule has 3 fully saturated rings. The van der Waals surface area contributed by atoms with Gasteiger partial charge in [-0.05, 0) is 69.7 Å². The van der Waals surface area contributed by atoms with Gasteiger partial charge in [0.25, 0.3) is 0 Å². The zero-order valence-electron chi connectivity index (χ0n) is 16.3. The van der Waals surface area contributed by atoms with Crippen LogP contribution >= 0.6 is 0 Å². The highest BCUT2D eigenvalue weighted by molar-refractivity contribution is 5.96. The van der Waals surface area contributed by atoms with E-state index in [1.165, 1.54) is 44.2 Å². The molecule has 1 amide bonds. The molecule has 0 aromatic heterocycles. The fourth-order valence-corrected chi connectivity index (χ4v) is 4.86. The molecule has 1 aromatic rings. The highest BCUT2D eigenvalue weighted by atomic mass is 16.2. The lowest BCUT2D eigenvalue weighted by Gasteiger charge is -2.36. The molecule has 0 spiro atoms. The smallest absolute Gasteiger partial charge is 0.227 e. The molecule has 2 aliphatic heterocycles. The average molecular weight is 356 g/mol. The van der Waals surface area contributed by atoms with E-state index in [0.717, 1.165) is 25.2 Å². The van der Waals surface area contributed by atoms with E-state index in [1.807, 2.05) is 4.90 Å². The number of hydrogen-bond acceptors (Lipinski definition) is 3. The standard InChI is InChI=1S/C22H33N3O/c1-3-12-22(13-14-22)23-18-10-15-24(16-11-18)19-5-7-20(8-6-19)25-17(2)4-9-21(25)26/h5-8,17-18,23H,3-4,9-16H2,1-2H3/t17-/m1/s1. The van der Waals surface area contributed by atoms with E-state index in [2.05, 4.69) is 48.3 Å². The fraction of sp³-hybridized carbons (Fsp3) is 0.682. The zero-order chi connectivity index (χ0) is 18.1. The van der Waals surface area contributed by atoms with Crippen LogP contribution in [0.3, 0.4) is 0 Å². The summed E-state index contributed by atoms with van der Waals surface area (Å²) in [5.74, 6) is 0.262. The van der Waals surface area contributed by atoms with Crippen LogP contribution in [0.1, 0.15) is 65.2 Å². The maximum atomic E-state index is 12.1. The Morgan fingerprint density at radius 2 is 1.73 bits per heavy atom. The van der Waals surface area contributed by atoms with Crippen molar-refractivity contribution in [2.75, 3.05) is 22.9 Å².